The van der Waals surface area contributed by atoms with Gasteiger partial charge in [0.15, 0.2) is 0 Å². The lowest BCUT2D eigenvalue weighted by molar-refractivity contribution is 0.588. The molecule has 0 bridgehead atoms. The number of hydrogen-bond acceptors (Lipinski definition) is 4. The molecule has 0 radical (unpaired) electrons. The quantitative estimate of drug-likeness (QED) is 0.212. The smallest absolute Gasteiger partial charge is 0.246 e. The zero-order valence-corrected chi connectivity index (χ0v) is 24.1. The van der Waals surface area contributed by atoms with Crippen LogP contribution in [0.2, 0.25) is 0 Å². The van der Waals surface area contributed by atoms with E-state index in [0.29, 0.717) is 5.71 Å². The van der Waals surface area contributed by atoms with E-state index in [9.17, 15) is 0 Å². The van der Waals surface area contributed by atoms with E-state index in [0.717, 1.165) is 51.2 Å². The van der Waals surface area contributed by atoms with E-state index in [-0.39, 0.29) is 0 Å². The van der Waals surface area contributed by atoms with E-state index in [2.05, 4.69) is 104 Å². The normalized spacial score (nSPS) is 14.7. The third-order valence-corrected chi connectivity index (χ3v) is 9.15. The van der Waals surface area contributed by atoms with Crippen molar-refractivity contribution >= 4 is 48.8 Å². The van der Waals surface area contributed by atoms with Gasteiger partial charge in [0.2, 0.25) is 5.71 Å². The summed E-state index contributed by atoms with van der Waals surface area (Å²) in [5.41, 5.74) is 9.80. The molecule has 4 heteroatoms. The van der Waals surface area contributed by atoms with Crippen molar-refractivity contribution in [3.8, 4) is 33.5 Å². The van der Waals surface area contributed by atoms with Crippen LogP contribution in [0.1, 0.15) is 11.3 Å². The minimum atomic E-state index is 0.544. The van der Waals surface area contributed by atoms with Gasteiger partial charge in [-0.1, -0.05) is 110 Å². The van der Waals surface area contributed by atoms with Gasteiger partial charge in [0.25, 0.3) is 0 Å². The highest BCUT2D eigenvalue weighted by molar-refractivity contribution is 7.26. The number of benzene rings is 4. The minimum Gasteiger partial charge on any atom is -0.437 e. The summed E-state index contributed by atoms with van der Waals surface area (Å²) in [6.45, 7) is 4.07. The van der Waals surface area contributed by atoms with E-state index in [1.807, 2.05) is 47.9 Å². The van der Waals surface area contributed by atoms with Gasteiger partial charge < -0.3 is 4.42 Å². The Kier molecular flexibility index (Phi) is 6.20. The molecule has 0 atom stereocenters. The second kappa shape index (κ2) is 10.5. The van der Waals surface area contributed by atoms with Crippen molar-refractivity contribution in [2.24, 2.45) is 0 Å². The van der Waals surface area contributed by atoms with Gasteiger partial charge in [-0.05, 0) is 58.5 Å². The minimum absolute atomic E-state index is 0.544. The van der Waals surface area contributed by atoms with Crippen LogP contribution in [-0.4, -0.2) is 9.97 Å². The lowest BCUT2D eigenvalue weighted by Crippen LogP contribution is -1.90. The Bertz CT molecular complexity index is 2300. The third kappa shape index (κ3) is 4.62. The number of aromatic nitrogens is 2. The molecule has 3 heterocycles. The van der Waals surface area contributed by atoms with Gasteiger partial charge in [-0.2, -0.15) is 0 Å². The Morgan fingerprint density at radius 2 is 1.49 bits per heavy atom. The monoisotopic (exact) mass is 570 g/mol. The topological polar surface area (TPSA) is 38.9 Å². The maximum Gasteiger partial charge on any atom is 0.246 e. The first-order chi connectivity index (χ1) is 21.2. The van der Waals surface area contributed by atoms with Crippen molar-refractivity contribution in [2.45, 2.75) is 6.42 Å². The first-order valence-corrected chi connectivity index (χ1v) is 15.1. The van der Waals surface area contributed by atoms with Crippen LogP contribution >= 0.6 is 11.3 Å². The van der Waals surface area contributed by atoms with Crippen molar-refractivity contribution in [2.75, 3.05) is 0 Å². The molecule has 8 rings (SSSR count). The highest BCUT2D eigenvalue weighted by Gasteiger charge is 2.16. The van der Waals surface area contributed by atoms with E-state index in [1.165, 1.54) is 31.3 Å². The summed E-state index contributed by atoms with van der Waals surface area (Å²) in [5, 5.41) is 2.63. The fourth-order valence-corrected chi connectivity index (χ4v) is 7.02. The zero-order chi connectivity index (χ0) is 28.8. The van der Waals surface area contributed by atoms with Gasteiger partial charge in [0.1, 0.15) is 11.3 Å². The first kappa shape index (κ1) is 25.4. The van der Waals surface area contributed by atoms with Crippen molar-refractivity contribution < 1.29 is 4.42 Å². The van der Waals surface area contributed by atoms with Crippen LogP contribution in [0.15, 0.2) is 144 Å². The van der Waals surface area contributed by atoms with Crippen LogP contribution < -0.4 is 0 Å². The van der Waals surface area contributed by atoms with E-state index in [1.54, 1.807) is 0 Å². The summed E-state index contributed by atoms with van der Waals surface area (Å²) in [4.78, 5) is 9.72. The molecule has 0 saturated heterocycles. The van der Waals surface area contributed by atoms with Crippen LogP contribution in [0.3, 0.4) is 0 Å². The molecule has 0 amide bonds. The zero-order valence-electron chi connectivity index (χ0n) is 23.3. The van der Waals surface area contributed by atoms with Crippen LogP contribution in [0, 0.1) is 0 Å². The third-order valence-electron chi connectivity index (χ3n) is 7.93. The highest BCUT2D eigenvalue weighted by atomic mass is 32.1. The fraction of sp³-hybridized carbons (Fsp3) is 0.0256. The summed E-state index contributed by atoms with van der Waals surface area (Å²) in [5.74, 6) is 0.771. The Morgan fingerprint density at radius 3 is 2.40 bits per heavy atom. The molecule has 0 unspecified atom stereocenters. The maximum absolute atomic E-state index is 6.21. The average Bonchev–Trinajstić information content (AvgIpc) is 3.61. The van der Waals surface area contributed by atoms with Gasteiger partial charge in [-0.15, -0.1) is 11.3 Å². The van der Waals surface area contributed by atoms with Gasteiger partial charge >= 0.3 is 0 Å². The molecule has 7 aromatic rings. The highest BCUT2D eigenvalue weighted by Crippen LogP contribution is 2.40. The largest absolute Gasteiger partial charge is 0.437 e. The number of rotatable bonds is 3. The Morgan fingerprint density at radius 1 is 0.721 bits per heavy atom. The van der Waals surface area contributed by atoms with Crippen molar-refractivity contribution in [1.82, 2.24) is 9.97 Å². The molecule has 204 valence electrons. The molecule has 1 aliphatic rings. The van der Waals surface area contributed by atoms with Crippen LogP contribution in [0.5, 0.6) is 0 Å². The van der Waals surface area contributed by atoms with Gasteiger partial charge in [0.05, 0.1) is 11.9 Å². The molecule has 0 N–H and O–H groups in total. The molecule has 4 aromatic carbocycles. The molecule has 3 nitrogen and oxygen atoms in total. The summed E-state index contributed by atoms with van der Waals surface area (Å²) < 4.78 is 8.85. The van der Waals surface area contributed by atoms with Crippen molar-refractivity contribution in [3.05, 3.63) is 151 Å². The number of furan rings is 1. The number of allylic oxidation sites excluding steroid dienone is 6. The molecule has 0 saturated carbocycles. The summed E-state index contributed by atoms with van der Waals surface area (Å²) in [6.07, 6.45) is 14.6. The molecular formula is C39H26N2OS. The SMILES string of the molecule is C=C1C=Cc2oc3nc(-c4cccc(-c5cccc(-c6cccc7c6sc6ccccc67)c5)c4)cnc3c2C/C=C\C=C/1. The van der Waals surface area contributed by atoms with Crippen molar-refractivity contribution in [1.29, 1.82) is 0 Å². The predicted molar refractivity (Wildman–Crippen MR) is 181 cm³/mol. The Labute approximate surface area is 253 Å². The number of hydrogen-bond donors (Lipinski definition) is 0. The van der Waals surface area contributed by atoms with Crippen molar-refractivity contribution in [3.63, 3.8) is 0 Å². The second-order valence-corrected chi connectivity index (χ2v) is 11.7. The van der Waals surface area contributed by atoms with E-state index in [4.69, 9.17) is 14.4 Å². The van der Waals surface area contributed by atoms with Gasteiger partial charge in [0, 0.05) is 31.3 Å². The number of nitrogens with zero attached hydrogens (tertiary/aromatic N) is 2. The Balaban J connectivity index is 1.17. The van der Waals surface area contributed by atoms with E-state index >= 15 is 0 Å². The van der Waals surface area contributed by atoms with Crippen LogP contribution in [0.4, 0.5) is 0 Å². The average molecular weight is 571 g/mol. The molecule has 1 aliphatic carbocycles. The summed E-state index contributed by atoms with van der Waals surface area (Å²) in [7, 11) is 0. The lowest BCUT2D eigenvalue weighted by Gasteiger charge is -2.09. The first-order valence-electron chi connectivity index (χ1n) is 14.3. The van der Waals surface area contributed by atoms with Crippen LogP contribution in [-0.2, 0) is 6.42 Å². The summed E-state index contributed by atoms with van der Waals surface area (Å²) >= 11 is 1.86. The van der Waals surface area contributed by atoms with E-state index < -0.39 is 0 Å². The van der Waals surface area contributed by atoms with Gasteiger partial charge in [-0.25, -0.2) is 9.97 Å². The fourth-order valence-electron chi connectivity index (χ4n) is 5.78. The predicted octanol–water partition coefficient (Wildman–Crippen LogP) is 10.8. The number of thiophene rings is 1. The second-order valence-electron chi connectivity index (χ2n) is 10.7. The standard InChI is InChI=1S/C39H26N2OS/c1-25-10-3-2-4-16-33-35(21-20-25)42-39-37(33)40-24-34(41-39)29-14-8-12-27(23-29)26-11-7-13-28(22-26)30-17-9-18-32-31-15-5-6-19-36(31)43-38(30)32/h2-15,17-24H,1,16H2/b4-2-,10-3-,21-20?. The molecule has 3 aromatic heterocycles. The Hall–Kier alpha value is -5.32. The van der Waals surface area contributed by atoms with Gasteiger partial charge in [-0.3, -0.25) is 0 Å². The molecule has 0 spiro atoms. The van der Waals surface area contributed by atoms with Crippen LogP contribution in [0.25, 0.3) is 71.0 Å². The molecule has 43 heavy (non-hydrogen) atoms. The molecule has 0 aliphatic heterocycles. The molecular weight excluding hydrogens is 545 g/mol. The lowest BCUT2D eigenvalue weighted by atomic mass is 9.96. The summed E-state index contributed by atoms with van der Waals surface area (Å²) in [6, 6.07) is 32.6. The maximum atomic E-state index is 6.21. The molecule has 0 fully saturated rings. The number of fused-ring (bicyclic) bond motifs is 6.